The van der Waals surface area contributed by atoms with Crippen LogP contribution >= 0.6 is 15.9 Å². The summed E-state index contributed by atoms with van der Waals surface area (Å²) in [5.41, 5.74) is 0. The zero-order valence-corrected chi connectivity index (χ0v) is 12.2. The monoisotopic (exact) mass is 335 g/mol. The van der Waals surface area contributed by atoms with E-state index in [1.165, 1.54) is 17.5 Å². The smallest absolute Gasteiger partial charge is 0.246 e. The molecule has 0 atom stereocenters. The van der Waals surface area contributed by atoms with E-state index in [0.29, 0.717) is 23.3 Å². The Morgan fingerprint density at radius 1 is 1.50 bits per heavy atom. The molecule has 1 aromatic carbocycles. The highest BCUT2D eigenvalue weighted by Crippen LogP contribution is 2.32. The molecule has 5 nitrogen and oxygen atoms in total. The summed E-state index contributed by atoms with van der Waals surface area (Å²) in [5.74, 6) is 0.364. The van der Waals surface area contributed by atoms with Gasteiger partial charge in [-0.3, -0.25) is 0 Å². The van der Waals surface area contributed by atoms with Crippen LogP contribution in [0.2, 0.25) is 0 Å². The Bertz CT molecular complexity index is 540. The van der Waals surface area contributed by atoms with Crippen LogP contribution in [0.3, 0.4) is 0 Å². The normalized spacial score (nSPS) is 17.5. The number of halogens is 1. The lowest BCUT2D eigenvalue weighted by atomic mass is 10.1. The molecule has 2 rings (SSSR count). The number of hydrogen-bond donors (Lipinski definition) is 1. The van der Waals surface area contributed by atoms with Gasteiger partial charge in [0, 0.05) is 30.1 Å². The van der Waals surface area contributed by atoms with E-state index in [4.69, 9.17) is 9.84 Å². The Labute approximate surface area is 115 Å². The van der Waals surface area contributed by atoms with E-state index in [1.54, 1.807) is 12.1 Å². The molecule has 7 heteroatoms. The first-order valence-corrected chi connectivity index (χ1v) is 7.67. The minimum absolute atomic E-state index is 0.0155. The summed E-state index contributed by atoms with van der Waals surface area (Å²) < 4.78 is 31.8. The van der Waals surface area contributed by atoms with Gasteiger partial charge in [0.15, 0.2) is 0 Å². The van der Waals surface area contributed by atoms with Gasteiger partial charge in [0.2, 0.25) is 10.0 Å². The molecule has 0 aromatic heterocycles. The molecule has 0 amide bonds. The predicted molar refractivity (Wildman–Crippen MR) is 70.0 cm³/mol. The lowest BCUT2D eigenvalue weighted by Crippen LogP contribution is -2.51. The van der Waals surface area contributed by atoms with Crippen molar-refractivity contribution in [2.75, 3.05) is 26.8 Å². The molecule has 1 aromatic rings. The Kier molecular flexibility index (Phi) is 3.96. The highest BCUT2D eigenvalue weighted by Gasteiger charge is 2.37. The number of methoxy groups -OCH3 is 1. The Balaban J connectivity index is 2.33. The van der Waals surface area contributed by atoms with Crippen LogP contribution in [0.15, 0.2) is 27.6 Å². The van der Waals surface area contributed by atoms with E-state index in [-0.39, 0.29) is 17.4 Å². The summed E-state index contributed by atoms with van der Waals surface area (Å²) in [7, 11) is -2.10. The van der Waals surface area contributed by atoms with Crippen molar-refractivity contribution in [3.63, 3.8) is 0 Å². The van der Waals surface area contributed by atoms with E-state index in [9.17, 15) is 8.42 Å². The predicted octanol–water partition coefficient (Wildman–Crippen LogP) is 1.07. The van der Waals surface area contributed by atoms with Gasteiger partial charge in [0.05, 0.1) is 7.11 Å². The first kappa shape index (κ1) is 13.8. The van der Waals surface area contributed by atoms with Crippen molar-refractivity contribution in [1.29, 1.82) is 0 Å². The summed E-state index contributed by atoms with van der Waals surface area (Å²) in [6.45, 7) is 0.727. The number of rotatable bonds is 4. The van der Waals surface area contributed by atoms with Gasteiger partial charge in [-0.05, 0) is 18.2 Å². The number of ether oxygens (including phenoxy) is 1. The van der Waals surface area contributed by atoms with Crippen molar-refractivity contribution in [2.24, 2.45) is 5.92 Å². The van der Waals surface area contributed by atoms with Crippen LogP contribution in [0.4, 0.5) is 0 Å². The SMILES string of the molecule is COc1ccc(Br)cc1S(=O)(=O)N1CC(CO)C1. The minimum Gasteiger partial charge on any atom is -0.495 e. The summed E-state index contributed by atoms with van der Waals surface area (Å²) in [4.78, 5) is 0.149. The van der Waals surface area contributed by atoms with Gasteiger partial charge in [-0.1, -0.05) is 15.9 Å². The molecule has 0 saturated carbocycles. The number of benzene rings is 1. The average Bonchev–Trinajstić information content (AvgIpc) is 2.27. The lowest BCUT2D eigenvalue weighted by Gasteiger charge is -2.37. The third-order valence-electron chi connectivity index (χ3n) is 2.93. The Hall–Kier alpha value is -0.630. The third kappa shape index (κ3) is 2.40. The van der Waals surface area contributed by atoms with Gasteiger partial charge >= 0.3 is 0 Å². The average molecular weight is 336 g/mol. The molecule has 0 aliphatic carbocycles. The molecule has 0 radical (unpaired) electrons. The number of hydrogen-bond acceptors (Lipinski definition) is 4. The molecule has 1 saturated heterocycles. The fourth-order valence-corrected chi connectivity index (χ4v) is 4.11. The van der Waals surface area contributed by atoms with Gasteiger partial charge in [0.1, 0.15) is 10.6 Å². The highest BCUT2D eigenvalue weighted by molar-refractivity contribution is 9.10. The number of aliphatic hydroxyl groups excluding tert-OH is 1. The molecule has 18 heavy (non-hydrogen) atoms. The van der Waals surface area contributed by atoms with Crippen molar-refractivity contribution >= 4 is 26.0 Å². The topological polar surface area (TPSA) is 66.8 Å². The van der Waals surface area contributed by atoms with Crippen LogP contribution in [-0.4, -0.2) is 44.6 Å². The largest absolute Gasteiger partial charge is 0.495 e. The van der Waals surface area contributed by atoms with Crippen LogP contribution in [0.1, 0.15) is 0 Å². The summed E-state index contributed by atoms with van der Waals surface area (Å²) in [6, 6.07) is 4.87. The molecule has 1 aliphatic rings. The van der Waals surface area contributed by atoms with Gasteiger partial charge in [-0.25, -0.2) is 8.42 Å². The number of aliphatic hydroxyl groups is 1. The maximum atomic E-state index is 12.4. The van der Waals surface area contributed by atoms with Crippen LogP contribution in [0.5, 0.6) is 5.75 Å². The standard InChI is InChI=1S/C11H14BrNO4S/c1-17-10-3-2-9(12)4-11(10)18(15,16)13-5-8(6-13)7-14/h2-4,8,14H,5-7H2,1H3. The van der Waals surface area contributed by atoms with Gasteiger partial charge in [-0.2, -0.15) is 4.31 Å². The van der Waals surface area contributed by atoms with Gasteiger partial charge in [-0.15, -0.1) is 0 Å². The van der Waals surface area contributed by atoms with Crippen molar-refractivity contribution < 1.29 is 18.3 Å². The Morgan fingerprint density at radius 3 is 2.72 bits per heavy atom. The summed E-state index contributed by atoms with van der Waals surface area (Å²) in [5, 5.41) is 8.93. The highest BCUT2D eigenvalue weighted by atomic mass is 79.9. The van der Waals surface area contributed by atoms with Crippen molar-refractivity contribution in [3.8, 4) is 5.75 Å². The second kappa shape index (κ2) is 5.16. The van der Waals surface area contributed by atoms with Gasteiger partial charge in [0.25, 0.3) is 0 Å². The van der Waals surface area contributed by atoms with Crippen LogP contribution in [-0.2, 0) is 10.0 Å². The molecule has 0 bridgehead atoms. The maximum Gasteiger partial charge on any atom is 0.246 e. The zero-order valence-electron chi connectivity index (χ0n) is 9.84. The van der Waals surface area contributed by atoms with Crippen LogP contribution in [0.25, 0.3) is 0 Å². The quantitative estimate of drug-likeness (QED) is 0.893. The van der Waals surface area contributed by atoms with Crippen LogP contribution in [0, 0.1) is 5.92 Å². The fourth-order valence-electron chi connectivity index (χ4n) is 1.83. The molecule has 1 fully saturated rings. The molecule has 0 spiro atoms. The summed E-state index contributed by atoms with van der Waals surface area (Å²) in [6.07, 6.45) is 0. The van der Waals surface area contributed by atoms with Crippen molar-refractivity contribution in [1.82, 2.24) is 4.31 Å². The molecule has 100 valence electrons. The van der Waals surface area contributed by atoms with E-state index >= 15 is 0 Å². The maximum absolute atomic E-state index is 12.4. The van der Waals surface area contributed by atoms with Crippen molar-refractivity contribution in [2.45, 2.75) is 4.90 Å². The van der Waals surface area contributed by atoms with E-state index in [0.717, 1.165) is 0 Å². The first-order chi connectivity index (χ1) is 8.48. The second-order valence-electron chi connectivity index (χ2n) is 4.17. The number of sulfonamides is 1. The molecule has 1 N–H and O–H groups in total. The second-order valence-corrected chi connectivity index (χ2v) is 6.99. The van der Waals surface area contributed by atoms with E-state index in [2.05, 4.69) is 15.9 Å². The Morgan fingerprint density at radius 2 is 2.17 bits per heavy atom. The molecule has 1 aliphatic heterocycles. The fraction of sp³-hybridized carbons (Fsp3) is 0.455. The van der Waals surface area contributed by atoms with Crippen molar-refractivity contribution in [3.05, 3.63) is 22.7 Å². The molecule has 0 unspecified atom stereocenters. The number of nitrogens with zero attached hydrogens (tertiary/aromatic N) is 1. The zero-order chi connectivity index (χ0) is 13.3. The minimum atomic E-state index is -3.54. The lowest BCUT2D eigenvalue weighted by molar-refractivity contribution is 0.117. The van der Waals surface area contributed by atoms with Gasteiger partial charge < -0.3 is 9.84 Å². The van der Waals surface area contributed by atoms with E-state index < -0.39 is 10.0 Å². The molecular weight excluding hydrogens is 322 g/mol. The van der Waals surface area contributed by atoms with E-state index in [1.807, 2.05) is 0 Å². The molecule has 1 heterocycles. The first-order valence-electron chi connectivity index (χ1n) is 5.43. The third-order valence-corrected chi connectivity index (χ3v) is 5.27. The van der Waals surface area contributed by atoms with Crippen LogP contribution < -0.4 is 4.74 Å². The summed E-state index contributed by atoms with van der Waals surface area (Å²) >= 11 is 3.25. The molecular formula is C11H14BrNO4S.